The highest BCUT2D eigenvalue weighted by Gasteiger charge is 2.22. The Morgan fingerprint density at radius 2 is 2.23 bits per heavy atom. The quantitative estimate of drug-likeness (QED) is 0.684. The van der Waals surface area contributed by atoms with E-state index in [4.69, 9.17) is 5.73 Å². The summed E-state index contributed by atoms with van der Waals surface area (Å²) in [5, 5.41) is 3.40. The molecule has 0 saturated carbocycles. The van der Waals surface area contributed by atoms with Gasteiger partial charge in [-0.2, -0.15) is 0 Å². The zero-order chi connectivity index (χ0) is 9.42. The Morgan fingerprint density at radius 1 is 1.46 bits per heavy atom. The first-order valence-electron chi connectivity index (χ1n) is 4.77. The van der Waals surface area contributed by atoms with Crippen LogP contribution in [0.15, 0.2) is 12.1 Å². The van der Waals surface area contributed by atoms with Gasteiger partial charge in [-0.15, -0.1) is 0 Å². The minimum absolute atomic E-state index is 0.510. The average Bonchev–Trinajstić information content (AvgIpc) is 2.47. The molecule has 0 radical (unpaired) electrons. The molecule has 1 aliphatic heterocycles. The monoisotopic (exact) mass is 176 g/mol. The van der Waals surface area contributed by atoms with Crippen LogP contribution in [0.25, 0.3) is 0 Å². The fraction of sp³-hybridized carbons (Fsp3) is 0.455. The first-order valence-corrected chi connectivity index (χ1v) is 4.77. The summed E-state index contributed by atoms with van der Waals surface area (Å²) >= 11 is 0. The lowest BCUT2D eigenvalue weighted by Gasteiger charge is -2.10. The van der Waals surface area contributed by atoms with Gasteiger partial charge in [-0.05, 0) is 36.6 Å². The Kier molecular flexibility index (Phi) is 2.00. The summed E-state index contributed by atoms with van der Waals surface area (Å²) in [7, 11) is 0. The van der Waals surface area contributed by atoms with Gasteiger partial charge in [0.15, 0.2) is 0 Å². The normalized spacial score (nSPS) is 19.8. The first kappa shape index (κ1) is 8.57. The molecular formula is C11H16N2. The molecule has 0 saturated heterocycles. The van der Waals surface area contributed by atoms with E-state index in [2.05, 4.69) is 31.3 Å². The zero-order valence-electron chi connectivity index (χ0n) is 8.22. The highest BCUT2D eigenvalue weighted by atomic mass is 14.9. The van der Waals surface area contributed by atoms with Crippen molar-refractivity contribution in [1.29, 1.82) is 0 Å². The van der Waals surface area contributed by atoms with E-state index < -0.39 is 0 Å². The molecule has 1 atom stereocenters. The van der Waals surface area contributed by atoms with Crippen molar-refractivity contribution >= 4 is 5.69 Å². The van der Waals surface area contributed by atoms with Crippen LogP contribution in [0.2, 0.25) is 0 Å². The summed E-state index contributed by atoms with van der Waals surface area (Å²) < 4.78 is 0. The van der Waals surface area contributed by atoms with Crippen LogP contribution < -0.4 is 11.1 Å². The molecule has 0 aromatic heterocycles. The predicted molar refractivity (Wildman–Crippen MR) is 56.2 cm³/mol. The third kappa shape index (κ3) is 1.31. The van der Waals surface area contributed by atoms with E-state index in [0.717, 1.165) is 13.1 Å². The van der Waals surface area contributed by atoms with Crippen LogP contribution in [0.3, 0.4) is 0 Å². The van der Waals surface area contributed by atoms with Crippen molar-refractivity contribution in [2.45, 2.75) is 19.8 Å². The topological polar surface area (TPSA) is 38.0 Å². The van der Waals surface area contributed by atoms with E-state index in [1.54, 1.807) is 0 Å². The number of anilines is 1. The average molecular weight is 176 g/mol. The number of rotatable bonds is 1. The van der Waals surface area contributed by atoms with Crippen molar-refractivity contribution < 1.29 is 0 Å². The molecule has 1 aromatic rings. The Bertz CT molecular complexity index is 331. The number of benzene rings is 1. The molecule has 70 valence electrons. The van der Waals surface area contributed by atoms with Gasteiger partial charge in [0.1, 0.15) is 0 Å². The number of nitrogens with one attached hydrogen (secondary N) is 1. The van der Waals surface area contributed by atoms with Crippen LogP contribution in [0.1, 0.15) is 22.6 Å². The third-order valence-corrected chi connectivity index (χ3v) is 2.76. The highest BCUT2D eigenvalue weighted by Crippen LogP contribution is 2.34. The summed E-state index contributed by atoms with van der Waals surface area (Å²) in [4.78, 5) is 0. The van der Waals surface area contributed by atoms with Crippen molar-refractivity contribution in [3.05, 3.63) is 28.8 Å². The minimum Gasteiger partial charge on any atom is -0.384 e. The van der Waals surface area contributed by atoms with E-state index in [1.165, 1.54) is 22.4 Å². The van der Waals surface area contributed by atoms with Gasteiger partial charge >= 0.3 is 0 Å². The Labute approximate surface area is 79.1 Å². The Morgan fingerprint density at radius 3 is 2.92 bits per heavy atom. The number of hydrogen-bond donors (Lipinski definition) is 2. The van der Waals surface area contributed by atoms with Gasteiger partial charge in [0, 0.05) is 24.7 Å². The van der Waals surface area contributed by atoms with Gasteiger partial charge in [0.25, 0.3) is 0 Å². The van der Waals surface area contributed by atoms with Gasteiger partial charge in [-0.3, -0.25) is 0 Å². The maximum atomic E-state index is 5.72. The van der Waals surface area contributed by atoms with Crippen LogP contribution in [0, 0.1) is 13.8 Å². The molecule has 0 bridgehead atoms. The smallest absolute Gasteiger partial charge is 0.0382 e. The van der Waals surface area contributed by atoms with Crippen molar-refractivity contribution in [3.63, 3.8) is 0 Å². The maximum absolute atomic E-state index is 5.72. The molecule has 0 amide bonds. The second kappa shape index (κ2) is 3.04. The van der Waals surface area contributed by atoms with E-state index in [9.17, 15) is 0 Å². The summed E-state index contributed by atoms with van der Waals surface area (Å²) in [6.45, 7) is 6.03. The molecule has 1 aliphatic rings. The summed E-state index contributed by atoms with van der Waals surface area (Å²) in [6.07, 6.45) is 0. The Hall–Kier alpha value is -1.02. The minimum atomic E-state index is 0.510. The van der Waals surface area contributed by atoms with Crippen LogP contribution in [0.4, 0.5) is 5.69 Å². The second-order valence-corrected chi connectivity index (χ2v) is 3.86. The third-order valence-electron chi connectivity index (χ3n) is 2.76. The molecular weight excluding hydrogens is 160 g/mol. The van der Waals surface area contributed by atoms with Gasteiger partial charge in [-0.25, -0.2) is 0 Å². The molecule has 13 heavy (non-hydrogen) atoms. The lowest BCUT2D eigenvalue weighted by molar-refractivity contribution is 0.762. The van der Waals surface area contributed by atoms with Crippen molar-refractivity contribution in [3.8, 4) is 0 Å². The highest BCUT2D eigenvalue weighted by molar-refractivity contribution is 5.62. The van der Waals surface area contributed by atoms with E-state index in [1.807, 2.05) is 0 Å². The van der Waals surface area contributed by atoms with Crippen LogP contribution in [-0.2, 0) is 0 Å². The lowest BCUT2D eigenvalue weighted by Crippen LogP contribution is -2.14. The summed E-state index contributed by atoms with van der Waals surface area (Å²) in [5.41, 5.74) is 11.1. The van der Waals surface area contributed by atoms with E-state index >= 15 is 0 Å². The summed E-state index contributed by atoms with van der Waals surface area (Å²) in [6, 6.07) is 4.44. The van der Waals surface area contributed by atoms with Crippen LogP contribution >= 0.6 is 0 Å². The van der Waals surface area contributed by atoms with Gasteiger partial charge in [-0.1, -0.05) is 6.07 Å². The molecule has 0 fully saturated rings. The predicted octanol–water partition coefficient (Wildman–Crippen LogP) is 1.77. The van der Waals surface area contributed by atoms with E-state index in [0.29, 0.717) is 5.92 Å². The lowest BCUT2D eigenvalue weighted by atomic mass is 9.95. The second-order valence-electron chi connectivity index (χ2n) is 3.86. The molecule has 1 unspecified atom stereocenters. The fourth-order valence-electron chi connectivity index (χ4n) is 2.20. The number of nitrogens with two attached hydrogens (primary N) is 1. The van der Waals surface area contributed by atoms with Crippen LogP contribution in [0.5, 0.6) is 0 Å². The molecule has 0 spiro atoms. The molecule has 1 heterocycles. The standard InChI is InChI=1S/C11H16N2/c1-7-3-8(2)11-9(5-12)6-13-10(11)4-7/h3-4,9,13H,5-6,12H2,1-2H3. The molecule has 1 aromatic carbocycles. The van der Waals surface area contributed by atoms with Gasteiger partial charge in [0.2, 0.25) is 0 Å². The van der Waals surface area contributed by atoms with Crippen molar-refractivity contribution in [1.82, 2.24) is 0 Å². The van der Waals surface area contributed by atoms with Crippen LogP contribution in [-0.4, -0.2) is 13.1 Å². The molecule has 2 heteroatoms. The Balaban J connectivity index is 2.51. The maximum Gasteiger partial charge on any atom is 0.0382 e. The number of aryl methyl sites for hydroxylation is 2. The molecule has 2 rings (SSSR count). The summed E-state index contributed by atoms with van der Waals surface area (Å²) in [5.74, 6) is 0.510. The van der Waals surface area contributed by atoms with Crippen molar-refractivity contribution in [2.75, 3.05) is 18.4 Å². The zero-order valence-corrected chi connectivity index (χ0v) is 8.22. The van der Waals surface area contributed by atoms with Crippen molar-refractivity contribution in [2.24, 2.45) is 5.73 Å². The van der Waals surface area contributed by atoms with Gasteiger partial charge in [0.05, 0.1) is 0 Å². The molecule has 2 nitrogen and oxygen atoms in total. The SMILES string of the molecule is Cc1cc(C)c2c(c1)NCC2CN. The number of fused-ring (bicyclic) bond motifs is 1. The first-order chi connectivity index (χ1) is 6.22. The number of hydrogen-bond acceptors (Lipinski definition) is 2. The molecule has 3 N–H and O–H groups in total. The van der Waals surface area contributed by atoms with E-state index in [-0.39, 0.29) is 0 Å². The van der Waals surface area contributed by atoms with Gasteiger partial charge < -0.3 is 11.1 Å². The molecule has 0 aliphatic carbocycles. The fourth-order valence-corrected chi connectivity index (χ4v) is 2.20. The largest absolute Gasteiger partial charge is 0.384 e.